The lowest BCUT2D eigenvalue weighted by molar-refractivity contribution is 0.372. The summed E-state index contributed by atoms with van der Waals surface area (Å²) >= 11 is 5.84. The molecule has 0 unspecified atom stereocenters. The van der Waals surface area contributed by atoms with E-state index < -0.39 is 11.4 Å². The molecule has 0 amide bonds. The first-order chi connectivity index (χ1) is 12.0. The molecule has 0 atom stereocenters. The van der Waals surface area contributed by atoms with Crippen LogP contribution < -0.4 is 5.73 Å². The minimum absolute atomic E-state index is 0.0142. The molecule has 2 N–H and O–H groups in total. The number of halogens is 2. The van der Waals surface area contributed by atoms with Gasteiger partial charge in [0, 0.05) is 0 Å². The van der Waals surface area contributed by atoms with Crippen LogP contribution in [-0.4, -0.2) is 25.1 Å². The van der Waals surface area contributed by atoms with Crippen LogP contribution in [0.25, 0.3) is 17.3 Å². The Labute approximate surface area is 148 Å². The van der Waals surface area contributed by atoms with Gasteiger partial charge < -0.3 is 10.3 Å². The molecule has 0 spiro atoms. The van der Waals surface area contributed by atoms with Crippen LogP contribution >= 0.6 is 11.6 Å². The molecule has 0 radical (unpaired) electrons. The lowest BCUT2D eigenvalue weighted by atomic mass is 9.99. The van der Waals surface area contributed by atoms with Crippen molar-refractivity contribution >= 4 is 11.6 Å². The summed E-state index contributed by atoms with van der Waals surface area (Å²) in [5.41, 5.74) is 7.56. The highest BCUT2D eigenvalue weighted by molar-refractivity contribution is 6.30. The molecule has 1 saturated carbocycles. The molecule has 0 bridgehead atoms. The van der Waals surface area contributed by atoms with Crippen molar-refractivity contribution in [3.63, 3.8) is 0 Å². The molecular formula is C16H16ClFN6O. The predicted octanol–water partition coefficient (Wildman–Crippen LogP) is 3.15. The van der Waals surface area contributed by atoms with Crippen molar-refractivity contribution in [2.45, 2.75) is 38.1 Å². The van der Waals surface area contributed by atoms with Gasteiger partial charge in [-0.25, -0.2) is 9.07 Å². The lowest BCUT2D eigenvalue weighted by Gasteiger charge is -2.17. The fraction of sp³-hybridized carbons (Fsp3) is 0.375. The SMILES string of the molecule is Cc1c(-c2nc(C3(N)CCCC3)no2)nnn1-c1ccc(F)c(Cl)c1. The number of hydrogen-bond donors (Lipinski definition) is 1. The fourth-order valence-electron chi connectivity index (χ4n) is 3.14. The zero-order valence-electron chi connectivity index (χ0n) is 13.5. The fourth-order valence-corrected chi connectivity index (χ4v) is 3.31. The molecule has 1 aliphatic carbocycles. The Balaban J connectivity index is 1.70. The quantitative estimate of drug-likeness (QED) is 0.768. The summed E-state index contributed by atoms with van der Waals surface area (Å²) in [5, 5.41) is 12.3. The molecule has 1 aromatic carbocycles. The molecular weight excluding hydrogens is 347 g/mol. The number of benzene rings is 1. The van der Waals surface area contributed by atoms with E-state index in [1.54, 1.807) is 6.07 Å². The Hall–Kier alpha value is -2.32. The maximum Gasteiger partial charge on any atom is 0.280 e. The van der Waals surface area contributed by atoms with Gasteiger partial charge in [0.05, 0.1) is 21.9 Å². The zero-order chi connectivity index (χ0) is 17.6. The van der Waals surface area contributed by atoms with Gasteiger partial charge in [0.25, 0.3) is 5.89 Å². The van der Waals surface area contributed by atoms with E-state index in [1.807, 2.05) is 6.92 Å². The van der Waals surface area contributed by atoms with E-state index in [2.05, 4.69) is 20.5 Å². The molecule has 0 aliphatic heterocycles. The van der Waals surface area contributed by atoms with E-state index in [0.29, 0.717) is 22.9 Å². The molecule has 1 fully saturated rings. The second-order valence-corrected chi connectivity index (χ2v) is 6.73. The largest absolute Gasteiger partial charge is 0.332 e. The summed E-state index contributed by atoms with van der Waals surface area (Å²) in [6, 6.07) is 4.33. The summed E-state index contributed by atoms with van der Waals surface area (Å²) in [4.78, 5) is 4.43. The average molecular weight is 363 g/mol. The molecule has 25 heavy (non-hydrogen) atoms. The van der Waals surface area contributed by atoms with Crippen molar-refractivity contribution in [2.75, 3.05) is 0 Å². The second-order valence-electron chi connectivity index (χ2n) is 6.32. The van der Waals surface area contributed by atoms with Crippen molar-refractivity contribution in [2.24, 2.45) is 5.73 Å². The summed E-state index contributed by atoms with van der Waals surface area (Å²) in [6.07, 6.45) is 3.79. The molecule has 3 aromatic rings. The molecule has 1 aliphatic rings. The number of nitrogens with two attached hydrogens (primary N) is 1. The van der Waals surface area contributed by atoms with E-state index in [1.165, 1.54) is 16.8 Å². The van der Waals surface area contributed by atoms with E-state index in [0.717, 1.165) is 25.7 Å². The van der Waals surface area contributed by atoms with E-state index in [4.69, 9.17) is 21.9 Å². The molecule has 7 nitrogen and oxygen atoms in total. The molecule has 2 heterocycles. The molecule has 4 rings (SSSR count). The van der Waals surface area contributed by atoms with E-state index in [-0.39, 0.29) is 10.9 Å². The van der Waals surface area contributed by atoms with Crippen molar-refractivity contribution in [3.05, 3.63) is 40.6 Å². The van der Waals surface area contributed by atoms with Crippen LogP contribution in [0.15, 0.2) is 22.7 Å². The van der Waals surface area contributed by atoms with Crippen LogP contribution in [0, 0.1) is 12.7 Å². The smallest absolute Gasteiger partial charge is 0.280 e. The van der Waals surface area contributed by atoms with Gasteiger partial charge in [0.1, 0.15) is 5.82 Å². The molecule has 9 heteroatoms. The first-order valence-electron chi connectivity index (χ1n) is 7.99. The normalized spacial score (nSPS) is 16.5. The standard InChI is InChI=1S/C16H16ClFN6O/c1-9-13(14-20-15(22-25-14)16(19)6-2-3-7-16)21-23-24(9)10-4-5-12(18)11(17)8-10/h4-5,8H,2-3,6-7,19H2,1H3. The van der Waals surface area contributed by atoms with Gasteiger partial charge in [0.15, 0.2) is 11.5 Å². The minimum atomic E-state index is -0.532. The van der Waals surface area contributed by atoms with Crippen LogP contribution in [-0.2, 0) is 5.54 Å². The van der Waals surface area contributed by atoms with Crippen LogP contribution in [0.5, 0.6) is 0 Å². The Morgan fingerprint density at radius 3 is 2.80 bits per heavy atom. The predicted molar refractivity (Wildman–Crippen MR) is 88.7 cm³/mol. The van der Waals surface area contributed by atoms with Gasteiger partial charge in [0.2, 0.25) is 0 Å². The number of aromatic nitrogens is 5. The highest BCUT2D eigenvalue weighted by Gasteiger charge is 2.36. The van der Waals surface area contributed by atoms with Crippen molar-refractivity contribution in [3.8, 4) is 17.3 Å². The van der Waals surface area contributed by atoms with Crippen LogP contribution in [0.3, 0.4) is 0 Å². The first-order valence-corrected chi connectivity index (χ1v) is 8.37. The van der Waals surface area contributed by atoms with Crippen LogP contribution in [0.1, 0.15) is 37.2 Å². The Morgan fingerprint density at radius 1 is 1.32 bits per heavy atom. The van der Waals surface area contributed by atoms with Crippen molar-refractivity contribution in [1.82, 2.24) is 25.1 Å². The number of hydrogen-bond acceptors (Lipinski definition) is 6. The van der Waals surface area contributed by atoms with Crippen molar-refractivity contribution in [1.29, 1.82) is 0 Å². The third-order valence-electron chi connectivity index (χ3n) is 4.61. The van der Waals surface area contributed by atoms with Gasteiger partial charge in [-0.1, -0.05) is 34.8 Å². The van der Waals surface area contributed by atoms with Gasteiger partial charge >= 0.3 is 0 Å². The topological polar surface area (TPSA) is 95.7 Å². The molecule has 2 aromatic heterocycles. The monoisotopic (exact) mass is 362 g/mol. The number of nitrogens with zero attached hydrogens (tertiary/aromatic N) is 5. The van der Waals surface area contributed by atoms with Gasteiger partial charge in [-0.15, -0.1) is 5.10 Å². The second kappa shape index (κ2) is 5.89. The first kappa shape index (κ1) is 16.2. The van der Waals surface area contributed by atoms with Gasteiger partial charge in [-0.2, -0.15) is 4.98 Å². The van der Waals surface area contributed by atoms with Gasteiger partial charge in [-0.3, -0.25) is 0 Å². The highest BCUT2D eigenvalue weighted by Crippen LogP contribution is 2.35. The van der Waals surface area contributed by atoms with Crippen LogP contribution in [0.4, 0.5) is 4.39 Å². The Kier molecular flexibility index (Phi) is 3.81. The van der Waals surface area contributed by atoms with Gasteiger partial charge in [-0.05, 0) is 38.0 Å². The lowest BCUT2D eigenvalue weighted by Crippen LogP contribution is -2.34. The third kappa shape index (κ3) is 2.71. The summed E-state index contributed by atoms with van der Waals surface area (Å²) in [6.45, 7) is 1.81. The highest BCUT2D eigenvalue weighted by atomic mass is 35.5. The Bertz CT molecular complexity index is 931. The van der Waals surface area contributed by atoms with E-state index >= 15 is 0 Å². The zero-order valence-corrected chi connectivity index (χ0v) is 14.3. The molecule has 0 saturated heterocycles. The Morgan fingerprint density at radius 2 is 2.08 bits per heavy atom. The summed E-state index contributed by atoms with van der Waals surface area (Å²) in [5.74, 6) is 0.275. The van der Waals surface area contributed by atoms with E-state index in [9.17, 15) is 4.39 Å². The maximum absolute atomic E-state index is 13.3. The minimum Gasteiger partial charge on any atom is -0.332 e. The average Bonchev–Trinajstić information content (AvgIpc) is 3.30. The maximum atomic E-state index is 13.3. The summed E-state index contributed by atoms with van der Waals surface area (Å²) < 4.78 is 20.2. The third-order valence-corrected chi connectivity index (χ3v) is 4.90. The molecule has 130 valence electrons. The number of rotatable bonds is 3. The van der Waals surface area contributed by atoms with Crippen LogP contribution in [0.2, 0.25) is 5.02 Å². The summed E-state index contributed by atoms with van der Waals surface area (Å²) in [7, 11) is 0. The van der Waals surface area contributed by atoms with Crippen molar-refractivity contribution < 1.29 is 8.91 Å².